The van der Waals surface area contributed by atoms with E-state index >= 15 is 0 Å². The molecule has 1 N–H and O–H groups in total. The van der Waals surface area contributed by atoms with Crippen LogP contribution >= 0.6 is 43.2 Å². The maximum absolute atomic E-state index is 13.9. The van der Waals surface area contributed by atoms with E-state index in [2.05, 4.69) is 37.2 Å². The molecule has 1 aromatic carbocycles. The van der Waals surface area contributed by atoms with Gasteiger partial charge in [0.15, 0.2) is 0 Å². The van der Waals surface area contributed by atoms with Gasteiger partial charge in [-0.15, -0.1) is 0 Å². The molecular formula is C12H10Br2FNS. The summed E-state index contributed by atoms with van der Waals surface area (Å²) in [5, 5.41) is 7.16. The molecule has 0 amide bonds. The quantitative estimate of drug-likeness (QED) is 0.814. The average molecular weight is 379 g/mol. The Labute approximate surface area is 120 Å². The van der Waals surface area contributed by atoms with Crippen molar-refractivity contribution in [1.29, 1.82) is 0 Å². The van der Waals surface area contributed by atoms with Crippen LogP contribution in [0.15, 0.2) is 37.9 Å². The molecule has 90 valence electrons. The lowest BCUT2D eigenvalue weighted by molar-refractivity contribution is 0.575. The second-order valence-electron chi connectivity index (χ2n) is 3.56. The van der Waals surface area contributed by atoms with Crippen molar-refractivity contribution in [3.8, 4) is 0 Å². The number of benzene rings is 1. The minimum absolute atomic E-state index is 0.135. The second-order valence-corrected chi connectivity index (χ2v) is 6.08. The van der Waals surface area contributed by atoms with Crippen molar-refractivity contribution in [2.75, 3.05) is 7.05 Å². The Morgan fingerprint density at radius 2 is 2.00 bits per heavy atom. The Morgan fingerprint density at radius 1 is 1.24 bits per heavy atom. The first-order chi connectivity index (χ1) is 8.13. The van der Waals surface area contributed by atoms with Gasteiger partial charge in [0.2, 0.25) is 0 Å². The summed E-state index contributed by atoms with van der Waals surface area (Å²) in [5.74, 6) is -0.211. The van der Waals surface area contributed by atoms with Crippen LogP contribution in [-0.4, -0.2) is 7.05 Å². The van der Waals surface area contributed by atoms with Gasteiger partial charge >= 0.3 is 0 Å². The summed E-state index contributed by atoms with van der Waals surface area (Å²) in [6, 6.07) is 5.00. The van der Waals surface area contributed by atoms with E-state index in [1.54, 1.807) is 17.4 Å². The van der Waals surface area contributed by atoms with Crippen LogP contribution in [0.5, 0.6) is 0 Å². The lowest BCUT2D eigenvalue weighted by atomic mass is 10.0. The number of rotatable bonds is 3. The zero-order valence-corrected chi connectivity index (χ0v) is 13.0. The third-order valence-corrected chi connectivity index (χ3v) is 4.76. The van der Waals surface area contributed by atoms with Crippen molar-refractivity contribution in [2.24, 2.45) is 0 Å². The third kappa shape index (κ3) is 2.78. The van der Waals surface area contributed by atoms with Gasteiger partial charge < -0.3 is 5.32 Å². The first kappa shape index (κ1) is 13.2. The van der Waals surface area contributed by atoms with Gasteiger partial charge in [0.05, 0.1) is 6.04 Å². The molecule has 0 fully saturated rings. The molecule has 1 nitrogen and oxygen atoms in total. The topological polar surface area (TPSA) is 12.0 Å². The van der Waals surface area contributed by atoms with E-state index in [9.17, 15) is 4.39 Å². The Bertz CT molecular complexity index is 527. The van der Waals surface area contributed by atoms with E-state index < -0.39 is 0 Å². The Balaban J connectivity index is 2.46. The molecule has 0 radical (unpaired) electrons. The van der Waals surface area contributed by atoms with Gasteiger partial charge in [-0.1, -0.05) is 22.0 Å². The van der Waals surface area contributed by atoms with Crippen LogP contribution in [0, 0.1) is 5.82 Å². The van der Waals surface area contributed by atoms with E-state index in [0.717, 1.165) is 14.5 Å². The molecule has 2 aromatic rings. The Hall–Kier alpha value is -0.230. The largest absolute Gasteiger partial charge is 0.309 e. The highest BCUT2D eigenvalue weighted by Gasteiger charge is 2.19. The zero-order valence-electron chi connectivity index (χ0n) is 9.01. The molecule has 0 saturated heterocycles. The number of halogens is 3. The first-order valence-electron chi connectivity index (χ1n) is 4.97. The van der Waals surface area contributed by atoms with Gasteiger partial charge in [0, 0.05) is 19.9 Å². The minimum Gasteiger partial charge on any atom is -0.309 e. The summed E-state index contributed by atoms with van der Waals surface area (Å²) in [4.78, 5) is 0. The maximum Gasteiger partial charge on any atom is 0.129 e. The minimum atomic E-state index is -0.211. The van der Waals surface area contributed by atoms with Crippen LogP contribution in [0.3, 0.4) is 0 Å². The molecule has 1 unspecified atom stereocenters. The van der Waals surface area contributed by atoms with Crippen LogP contribution in [-0.2, 0) is 0 Å². The lowest BCUT2D eigenvalue weighted by Crippen LogP contribution is -2.18. The molecule has 0 spiro atoms. The van der Waals surface area contributed by atoms with Gasteiger partial charge in [-0.2, -0.15) is 11.3 Å². The predicted molar refractivity (Wildman–Crippen MR) is 77.0 cm³/mol. The van der Waals surface area contributed by atoms with Gasteiger partial charge in [0.1, 0.15) is 5.82 Å². The second kappa shape index (κ2) is 5.61. The van der Waals surface area contributed by atoms with Crippen LogP contribution in [0.25, 0.3) is 0 Å². The molecule has 0 bridgehead atoms. The summed E-state index contributed by atoms with van der Waals surface area (Å²) in [6.07, 6.45) is 0. The lowest BCUT2D eigenvalue weighted by Gasteiger charge is -2.17. The summed E-state index contributed by atoms with van der Waals surface area (Å²) < 4.78 is 15.7. The molecule has 0 aliphatic carbocycles. The van der Waals surface area contributed by atoms with Gasteiger partial charge in [-0.25, -0.2) is 4.39 Å². The SMILES string of the molecule is CNC(c1ccc(Br)cc1F)c1cscc1Br. The fourth-order valence-electron chi connectivity index (χ4n) is 1.71. The van der Waals surface area contributed by atoms with Crippen LogP contribution < -0.4 is 5.32 Å². The summed E-state index contributed by atoms with van der Waals surface area (Å²) in [6.45, 7) is 0. The van der Waals surface area contributed by atoms with Gasteiger partial charge in [0.25, 0.3) is 0 Å². The summed E-state index contributed by atoms with van der Waals surface area (Å²) >= 11 is 8.34. The van der Waals surface area contributed by atoms with Gasteiger partial charge in [-0.05, 0) is 46.1 Å². The highest BCUT2D eigenvalue weighted by atomic mass is 79.9. The molecule has 1 heterocycles. The van der Waals surface area contributed by atoms with Crippen molar-refractivity contribution in [3.63, 3.8) is 0 Å². The van der Waals surface area contributed by atoms with E-state index in [1.807, 2.05) is 23.9 Å². The standard InChI is InChI=1S/C12H10Br2FNS/c1-16-12(9-5-17-6-10(9)14)8-3-2-7(13)4-11(8)15/h2-6,12,16H,1H3. The molecule has 0 aliphatic heterocycles. The molecule has 17 heavy (non-hydrogen) atoms. The molecular weight excluding hydrogens is 369 g/mol. The zero-order chi connectivity index (χ0) is 12.4. The fraction of sp³-hybridized carbons (Fsp3) is 0.167. The van der Waals surface area contributed by atoms with Crippen LogP contribution in [0.4, 0.5) is 4.39 Å². The van der Waals surface area contributed by atoms with E-state index in [4.69, 9.17) is 0 Å². The maximum atomic E-state index is 13.9. The highest BCUT2D eigenvalue weighted by molar-refractivity contribution is 9.10. The monoisotopic (exact) mass is 377 g/mol. The molecule has 5 heteroatoms. The molecule has 1 aromatic heterocycles. The molecule has 0 saturated carbocycles. The highest BCUT2D eigenvalue weighted by Crippen LogP contribution is 2.33. The van der Waals surface area contributed by atoms with E-state index in [-0.39, 0.29) is 11.9 Å². The Morgan fingerprint density at radius 3 is 2.53 bits per heavy atom. The molecule has 1 atom stereocenters. The summed E-state index contributed by atoms with van der Waals surface area (Å²) in [5.41, 5.74) is 1.70. The summed E-state index contributed by atoms with van der Waals surface area (Å²) in [7, 11) is 1.83. The fourth-order valence-corrected chi connectivity index (χ4v) is 3.60. The first-order valence-corrected chi connectivity index (χ1v) is 7.50. The van der Waals surface area contributed by atoms with Crippen molar-refractivity contribution in [2.45, 2.75) is 6.04 Å². The van der Waals surface area contributed by atoms with Crippen molar-refractivity contribution in [1.82, 2.24) is 5.32 Å². The van der Waals surface area contributed by atoms with Crippen molar-refractivity contribution in [3.05, 3.63) is 54.8 Å². The smallest absolute Gasteiger partial charge is 0.129 e. The van der Waals surface area contributed by atoms with Crippen molar-refractivity contribution >= 4 is 43.2 Å². The van der Waals surface area contributed by atoms with Crippen molar-refractivity contribution < 1.29 is 4.39 Å². The molecule has 2 rings (SSSR count). The number of nitrogens with one attached hydrogen (secondary N) is 1. The average Bonchev–Trinajstić information content (AvgIpc) is 2.69. The van der Waals surface area contributed by atoms with Crippen LogP contribution in [0.2, 0.25) is 0 Å². The van der Waals surface area contributed by atoms with Gasteiger partial charge in [-0.3, -0.25) is 0 Å². The normalized spacial score (nSPS) is 12.7. The number of hydrogen-bond acceptors (Lipinski definition) is 2. The third-order valence-electron chi connectivity index (χ3n) is 2.52. The van der Waals surface area contributed by atoms with E-state index in [1.165, 1.54) is 6.07 Å². The number of hydrogen-bond donors (Lipinski definition) is 1. The predicted octanol–water partition coefficient (Wildman–Crippen LogP) is 4.72. The molecule has 0 aliphatic rings. The number of thiophene rings is 1. The van der Waals surface area contributed by atoms with Crippen LogP contribution in [0.1, 0.15) is 17.2 Å². The van der Waals surface area contributed by atoms with E-state index in [0.29, 0.717) is 5.56 Å². The Kier molecular flexibility index (Phi) is 4.36.